The zero-order valence-corrected chi connectivity index (χ0v) is 74.5. The van der Waals surface area contributed by atoms with E-state index in [0.717, 1.165) is 78.3 Å². The van der Waals surface area contributed by atoms with Crippen molar-refractivity contribution in [2.75, 3.05) is 103 Å². The Morgan fingerprint density at radius 1 is 0.449 bits per heavy atom. The molecule has 5 atom stereocenters. The minimum Gasteiger partial charge on any atom is -0.444 e. The molecule has 5 saturated heterocycles. The predicted molar refractivity (Wildman–Crippen MR) is 476 cm³/mol. The molecule has 38 heteroatoms. The minimum atomic E-state index is -0.505. The third-order valence-corrected chi connectivity index (χ3v) is 19.9. The Balaban J connectivity index is 0.000000162. The molecule has 0 unspecified atom stereocenters. The molecule has 5 aliphatic heterocycles. The van der Waals surface area contributed by atoms with Gasteiger partial charge in [0.25, 0.3) is 11.1 Å². The number of halogens is 3. The van der Waals surface area contributed by atoms with Crippen LogP contribution in [-0.4, -0.2) is 201 Å². The number of nitrogens with zero attached hydrogens (tertiary/aromatic N) is 19. The van der Waals surface area contributed by atoms with Gasteiger partial charge < -0.3 is 72.1 Å². The van der Waals surface area contributed by atoms with E-state index in [4.69, 9.17) is 76.5 Å². The third kappa shape index (κ3) is 27.9. The number of hydrogen-bond donors (Lipinski definition) is 2. The van der Waals surface area contributed by atoms with E-state index in [0.29, 0.717) is 134 Å². The molecule has 0 spiro atoms. The molecule has 5 aromatic carbocycles. The number of aromatic nitrogens is 14. The molecule has 5 aliphatic rings. The van der Waals surface area contributed by atoms with Crippen molar-refractivity contribution < 1.29 is 56.3 Å². The van der Waals surface area contributed by atoms with Gasteiger partial charge in [-0.05, 0) is 93.1 Å². The van der Waals surface area contributed by atoms with Gasteiger partial charge in [-0.15, -0.1) is 24.8 Å². The second-order valence-electron chi connectivity index (χ2n) is 31.0. The van der Waals surface area contributed by atoms with Crippen molar-refractivity contribution in [2.45, 2.75) is 104 Å². The lowest BCUT2D eigenvalue weighted by Crippen LogP contribution is -2.44. The molecule has 17 rings (SSSR count). The second kappa shape index (κ2) is 46.0. The molecule has 0 bridgehead atoms. The number of carbonyl (C=O) groups excluding carboxylic acids is 2. The van der Waals surface area contributed by atoms with E-state index >= 15 is 0 Å². The van der Waals surface area contributed by atoms with Gasteiger partial charge in [-0.25, -0.2) is 49.2 Å². The van der Waals surface area contributed by atoms with Crippen molar-refractivity contribution in [1.29, 1.82) is 0 Å². The van der Waals surface area contributed by atoms with Crippen molar-refractivity contribution in [3.63, 3.8) is 0 Å². The fourth-order valence-electron chi connectivity index (χ4n) is 13.1. The van der Waals surface area contributed by atoms with Gasteiger partial charge in [-0.1, -0.05) is 137 Å². The summed E-state index contributed by atoms with van der Waals surface area (Å²) in [6.07, 6.45) is 5.19. The van der Waals surface area contributed by atoms with Gasteiger partial charge in [0.15, 0.2) is 11.4 Å². The van der Waals surface area contributed by atoms with Crippen LogP contribution in [0, 0.1) is 33.9 Å². The molecule has 0 radical (unpaired) electrons. The maximum Gasteiger partial charge on any atom is 0.410 e. The SMILES string of the molecule is Cc1nc(-c2ccc([C@H]3CN(C(=O)OC(C)(C)C)CCO3)cc2)no1.Cc1nc(-c2ccc([C@H]3CN(c4nc(-c5ccncn5)cc(=O)n4C)CCO3)cc2)no1.Cc1nc(-c2ccc([C@H]3CNCCO3)cc2)no1.Cl.Cl.Cn1c(Cl)nc(-c2ccncn2)cc1=O.[C-]#[N+]c1ccc([C@H]2CN(C(=O)OC(C)(C)C)CCO2)cc1.[C-]#[N+]c1ccc([C@H]2CNCCO2)cc1. The van der Waals surface area contributed by atoms with Gasteiger partial charge >= 0.3 is 12.2 Å². The second-order valence-corrected chi connectivity index (χ2v) is 31.4. The van der Waals surface area contributed by atoms with Crippen LogP contribution in [0.25, 0.3) is 66.6 Å². The van der Waals surface area contributed by atoms with Crippen molar-refractivity contribution in [3.05, 3.63) is 265 Å². The maximum absolute atomic E-state index is 12.6. The number of hydrogen-bond acceptors (Lipinski definition) is 29. The van der Waals surface area contributed by atoms with Crippen LogP contribution in [0.1, 0.15) is 118 Å². The van der Waals surface area contributed by atoms with E-state index in [2.05, 4.69) is 92.7 Å². The van der Waals surface area contributed by atoms with Crippen molar-refractivity contribution in [2.24, 2.45) is 14.1 Å². The number of nitrogens with one attached hydrogen (secondary N) is 2. The quantitative estimate of drug-likeness (QED) is 0.0897. The average molecular weight is 1790 g/mol. The predicted octanol–water partition coefficient (Wildman–Crippen LogP) is 14.4. The largest absolute Gasteiger partial charge is 0.444 e. The Morgan fingerprint density at radius 3 is 1.13 bits per heavy atom. The van der Waals surface area contributed by atoms with Crippen LogP contribution in [0.5, 0.6) is 0 Å². The number of benzene rings is 5. The number of carbonyl (C=O) groups is 2. The van der Waals surface area contributed by atoms with Crippen LogP contribution in [0.3, 0.4) is 0 Å². The van der Waals surface area contributed by atoms with E-state index in [1.54, 1.807) is 85.9 Å². The summed E-state index contributed by atoms with van der Waals surface area (Å²) in [6.45, 7) is 40.0. The number of morpholine rings is 5. The van der Waals surface area contributed by atoms with Crippen LogP contribution < -0.4 is 26.7 Å². The minimum absolute atomic E-state index is 0. The van der Waals surface area contributed by atoms with Gasteiger partial charge in [0, 0.05) is 122 Å². The third-order valence-electron chi connectivity index (χ3n) is 19.5. The number of ether oxygens (including phenoxy) is 7. The van der Waals surface area contributed by atoms with E-state index in [-0.39, 0.29) is 83.9 Å². The summed E-state index contributed by atoms with van der Waals surface area (Å²) >= 11 is 5.78. The van der Waals surface area contributed by atoms with E-state index in [1.807, 2.05) is 139 Å². The number of aryl methyl sites for hydroxylation is 3. The summed E-state index contributed by atoms with van der Waals surface area (Å²) < 4.78 is 57.5. The zero-order valence-electron chi connectivity index (χ0n) is 72.1. The summed E-state index contributed by atoms with van der Waals surface area (Å²) in [6, 6.07) is 44.9. The lowest BCUT2D eigenvalue weighted by atomic mass is 10.1. The van der Waals surface area contributed by atoms with Gasteiger partial charge in [0.1, 0.15) is 42.2 Å². The molecule has 2 amide bonds. The summed E-state index contributed by atoms with van der Waals surface area (Å²) in [5.41, 5.74) is 10.1. The normalized spacial score (nSPS) is 17.2. The van der Waals surface area contributed by atoms with Gasteiger partial charge in [0.2, 0.25) is 46.4 Å². The number of rotatable bonds is 11. The summed E-state index contributed by atoms with van der Waals surface area (Å²) in [7, 11) is 3.28. The molecular formula is C89H100Cl3N21O14. The Morgan fingerprint density at radius 2 is 0.795 bits per heavy atom. The first-order valence-electron chi connectivity index (χ1n) is 40.4. The molecule has 12 heterocycles. The number of amides is 2. The Labute approximate surface area is 751 Å². The fourth-order valence-corrected chi connectivity index (χ4v) is 13.2. The highest BCUT2D eigenvalue weighted by Crippen LogP contribution is 2.32. The van der Waals surface area contributed by atoms with Gasteiger partial charge in [-0.3, -0.25) is 18.7 Å². The molecule has 35 nitrogen and oxygen atoms in total. The Kier molecular flexibility index (Phi) is 35.0. The zero-order chi connectivity index (χ0) is 88.6. The maximum atomic E-state index is 12.6. The van der Waals surface area contributed by atoms with E-state index in [1.165, 1.54) is 34.9 Å². The van der Waals surface area contributed by atoms with Crippen LogP contribution in [0.15, 0.2) is 194 Å². The van der Waals surface area contributed by atoms with E-state index < -0.39 is 11.2 Å². The van der Waals surface area contributed by atoms with E-state index in [9.17, 15) is 19.2 Å². The van der Waals surface area contributed by atoms with Gasteiger partial charge in [-0.2, -0.15) is 15.0 Å². The molecular weight excluding hydrogens is 1690 g/mol. The highest BCUT2D eigenvalue weighted by molar-refractivity contribution is 6.28. The first-order valence-corrected chi connectivity index (χ1v) is 40.8. The highest BCUT2D eigenvalue weighted by Gasteiger charge is 2.32. The molecule has 5 fully saturated rings. The summed E-state index contributed by atoms with van der Waals surface area (Å²) in [5, 5.41) is 18.5. The molecule has 666 valence electrons. The molecule has 0 saturated carbocycles. The standard InChI is InChI=1S/C22H21N7O3.C18H23N3O4.C16H20N2O3.C13H15N3O2.C11H12N2O.C9H7ClN4O.2ClH/c1-14-25-21(27-32-14)16-5-3-15(4-6-16)19-12-29(9-10-31-19)22-26-18(11-20(30)28(22)2)17-7-8-23-13-24-17;1-12-19-16(20-25-12)14-7-5-13(6-8-14)15-11-21(9-10-23-15)17(22)24-18(2,3)4;1-16(2,3)21-15(19)18-9-10-20-14(11-18)12-5-7-13(17-4)8-6-12;1-9-15-13(16-18-9)11-4-2-10(3-5-11)12-8-14-6-7-17-12;1-12-10-4-2-9(3-5-10)11-8-13-6-7-14-11;1-14-8(15)4-7(13-9(14)10)6-2-3-11-5-12-6;;/h3-8,11,13,19H,9-10,12H2,1-2H3;5-8,15H,9-11H2,1-4H3;5-8,14H,9-11H2,1-3H3;2-5,12,14H,6-8H2,1H3;2-5,11,13H,6-8H2;2-5H,1H3;2*1H/t19-;15-;14-;12-;11-;;;/m11111.../s1. The molecule has 127 heavy (non-hydrogen) atoms. The molecule has 0 aliphatic carbocycles. The Bertz CT molecular complexity index is 5720. The molecule has 7 aromatic heterocycles. The van der Waals surface area contributed by atoms with Crippen LogP contribution >= 0.6 is 36.4 Å². The highest BCUT2D eigenvalue weighted by atomic mass is 35.5. The summed E-state index contributed by atoms with van der Waals surface area (Å²) in [5.74, 6) is 3.96. The van der Waals surface area contributed by atoms with Crippen molar-refractivity contribution in [3.8, 4) is 56.9 Å². The van der Waals surface area contributed by atoms with Crippen molar-refractivity contribution in [1.82, 2.24) is 89.9 Å². The first kappa shape index (κ1) is 96.6. The van der Waals surface area contributed by atoms with Gasteiger partial charge in [0.05, 0.1) is 101 Å². The summed E-state index contributed by atoms with van der Waals surface area (Å²) in [4.78, 5) is 97.9. The lowest BCUT2D eigenvalue weighted by molar-refractivity contribution is -0.0434. The Hall–Kier alpha value is -12.7. The fraction of sp³-hybridized carbons (Fsp3) is 0.371. The lowest BCUT2D eigenvalue weighted by Gasteiger charge is -2.34. The molecule has 2 N–H and O–H groups in total. The molecule has 12 aromatic rings. The smallest absolute Gasteiger partial charge is 0.410 e. The monoisotopic (exact) mass is 1790 g/mol. The first-order chi connectivity index (χ1) is 60.2. The number of anilines is 1. The van der Waals surface area contributed by atoms with Crippen LogP contribution in [0.4, 0.5) is 26.9 Å². The topological polar surface area (TPSA) is 379 Å². The van der Waals surface area contributed by atoms with Crippen molar-refractivity contribution >= 4 is 65.9 Å². The average Bonchev–Trinajstić information content (AvgIpc) is 1.28. The van der Waals surface area contributed by atoms with Crippen LogP contribution in [0.2, 0.25) is 5.28 Å². The van der Waals surface area contributed by atoms with Crippen LogP contribution in [-0.2, 0) is 47.3 Å².